The lowest BCUT2D eigenvalue weighted by atomic mass is 9.84. The number of rotatable bonds is 6. The van der Waals surface area contributed by atoms with Crippen LogP contribution in [0.2, 0.25) is 0 Å². The van der Waals surface area contributed by atoms with E-state index in [1.54, 1.807) is 6.92 Å². The molecule has 16 heavy (non-hydrogen) atoms. The molecular formula is C12H25NO2S. The van der Waals surface area contributed by atoms with Crippen molar-refractivity contribution >= 4 is 9.84 Å². The van der Waals surface area contributed by atoms with E-state index in [4.69, 9.17) is 0 Å². The zero-order valence-electron chi connectivity index (χ0n) is 10.8. The normalized spacial score (nSPS) is 30.8. The van der Waals surface area contributed by atoms with Gasteiger partial charge in [-0.25, -0.2) is 8.42 Å². The van der Waals surface area contributed by atoms with Crippen molar-refractivity contribution < 1.29 is 8.42 Å². The van der Waals surface area contributed by atoms with Crippen LogP contribution in [0.15, 0.2) is 0 Å². The van der Waals surface area contributed by atoms with Gasteiger partial charge in [0, 0.05) is 11.8 Å². The lowest BCUT2D eigenvalue weighted by molar-refractivity contribution is 0.297. The van der Waals surface area contributed by atoms with Crippen LogP contribution in [-0.4, -0.2) is 33.0 Å². The van der Waals surface area contributed by atoms with Gasteiger partial charge in [0.2, 0.25) is 0 Å². The van der Waals surface area contributed by atoms with Gasteiger partial charge in [-0.1, -0.05) is 13.8 Å². The third-order valence-electron chi connectivity index (χ3n) is 3.92. The molecule has 1 fully saturated rings. The fourth-order valence-corrected chi connectivity index (χ4v) is 3.53. The number of hydrogen-bond donors (Lipinski definition) is 1. The molecule has 0 amide bonds. The minimum absolute atomic E-state index is 0.281. The van der Waals surface area contributed by atoms with Crippen LogP contribution in [-0.2, 0) is 9.84 Å². The quantitative estimate of drug-likeness (QED) is 0.780. The van der Waals surface area contributed by atoms with E-state index in [0.29, 0.717) is 17.2 Å². The van der Waals surface area contributed by atoms with Crippen LogP contribution in [0.4, 0.5) is 0 Å². The van der Waals surface area contributed by atoms with Gasteiger partial charge in [-0.15, -0.1) is 0 Å². The highest BCUT2D eigenvalue weighted by Crippen LogP contribution is 2.41. The maximum atomic E-state index is 11.4. The Bertz CT molecular complexity index is 313. The summed E-state index contributed by atoms with van der Waals surface area (Å²) in [4.78, 5) is 0. The molecule has 3 nitrogen and oxygen atoms in total. The summed E-state index contributed by atoms with van der Waals surface area (Å²) in [5.41, 5.74) is 0.358. The molecule has 0 saturated heterocycles. The molecule has 1 saturated carbocycles. The highest BCUT2D eigenvalue weighted by atomic mass is 32.2. The van der Waals surface area contributed by atoms with Crippen LogP contribution in [0.1, 0.15) is 46.0 Å². The SMILES string of the molecule is CCS(=O)(=O)CCCC1(C)CCC(NC)C1. The topological polar surface area (TPSA) is 46.2 Å². The molecule has 1 aliphatic carbocycles. The standard InChI is InChI=1S/C12H25NO2S/c1-4-16(14,15)9-5-7-12(2)8-6-11(10-12)13-3/h11,13H,4-10H2,1-3H3. The van der Waals surface area contributed by atoms with E-state index in [1.165, 1.54) is 19.3 Å². The van der Waals surface area contributed by atoms with Crippen molar-refractivity contribution in [2.45, 2.75) is 52.0 Å². The van der Waals surface area contributed by atoms with E-state index in [9.17, 15) is 8.42 Å². The minimum atomic E-state index is -2.77. The monoisotopic (exact) mass is 247 g/mol. The Morgan fingerprint density at radius 2 is 2.12 bits per heavy atom. The Morgan fingerprint density at radius 3 is 2.62 bits per heavy atom. The summed E-state index contributed by atoms with van der Waals surface area (Å²) in [7, 11) is -0.761. The third-order valence-corrected chi connectivity index (χ3v) is 5.71. The average Bonchev–Trinajstić information content (AvgIpc) is 2.60. The first-order valence-corrected chi connectivity index (χ1v) is 8.10. The third kappa shape index (κ3) is 4.06. The molecule has 0 radical (unpaired) electrons. The van der Waals surface area contributed by atoms with Crippen LogP contribution < -0.4 is 5.32 Å². The first-order chi connectivity index (χ1) is 7.41. The fraction of sp³-hybridized carbons (Fsp3) is 1.00. The second-order valence-electron chi connectivity index (χ2n) is 5.38. The first kappa shape index (κ1) is 14.0. The van der Waals surface area contributed by atoms with Gasteiger partial charge >= 0.3 is 0 Å². The summed E-state index contributed by atoms with van der Waals surface area (Å²) >= 11 is 0. The zero-order chi connectivity index (χ0) is 12.2. The lowest BCUT2D eigenvalue weighted by Gasteiger charge is -2.24. The van der Waals surface area contributed by atoms with Gasteiger partial charge in [0.15, 0.2) is 0 Å². The second-order valence-corrected chi connectivity index (χ2v) is 7.85. The maximum Gasteiger partial charge on any atom is 0.150 e. The van der Waals surface area contributed by atoms with Gasteiger partial charge in [0.1, 0.15) is 9.84 Å². The summed E-state index contributed by atoms with van der Waals surface area (Å²) in [6.45, 7) is 4.02. The molecule has 1 aliphatic rings. The Morgan fingerprint density at radius 1 is 1.44 bits per heavy atom. The maximum absolute atomic E-state index is 11.4. The highest BCUT2D eigenvalue weighted by molar-refractivity contribution is 7.91. The summed E-state index contributed by atoms with van der Waals surface area (Å²) in [5.74, 6) is 0.645. The summed E-state index contributed by atoms with van der Waals surface area (Å²) in [5, 5.41) is 3.32. The van der Waals surface area contributed by atoms with Crippen LogP contribution in [0.3, 0.4) is 0 Å². The molecule has 0 heterocycles. The molecule has 0 aromatic heterocycles. The van der Waals surface area contributed by atoms with E-state index in [0.717, 1.165) is 12.8 Å². The van der Waals surface area contributed by atoms with E-state index >= 15 is 0 Å². The molecule has 2 atom stereocenters. The van der Waals surface area contributed by atoms with Gasteiger partial charge in [-0.05, 0) is 44.6 Å². The smallest absolute Gasteiger partial charge is 0.150 e. The molecule has 0 bridgehead atoms. The molecule has 96 valence electrons. The van der Waals surface area contributed by atoms with E-state index in [-0.39, 0.29) is 5.75 Å². The van der Waals surface area contributed by atoms with Crippen molar-refractivity contribution in [3.05, 3.63) is 0 Å². The van der Waals surface area contributed by atoms with Crippen molar-refractivity contribution in [2.24, 2.45) is 5.41 Å². The highest BCUT2D eigenvalue weighted by Gasteiger charge is 2.33. The van der Waals surface area contributed by atoms with Crippen molar-refractivity contribution in [1.29, 1.82) is 0 Å². The number of nitrogens with one attached hydrogen (secondary N) is 1. The van der Waals surface area contributed by atoms with Crippen LogP contribution in [0, 0.1) is 5.41 Å². The summed E-state index contributed by atoms with van der Waals surface area (Å²) in [6.07, 6.45) is 5.52. The van der Waals surface area contributed by atoms with E-state index in [1.807, 2.05) is 7.05 Å². The molecule has 0 spiro atoms. The Kier molecular flexibility index (Phi) is 4.80. The lowest BCUT2D eigenvalue weighted by Crippen LogP contribution is -2.24. The molecule has 0 aromatic rings. The Hall–Kier alpha value is -0.0900. The van der Waals surface area contributed by atoms with Crippen molar-refractivity contribution in [3.8, 4) is 0 Å². The van der Waals surface area contributed by atoms with Crippen LogP contribution in [0.5, 0.6) is 0 Å². The van der Waals surface area contributed by atoms with Gasteiger partial charge in [-0.3, -0.25) is 0 Å². The van der Waals surface area contributed by atoms with E-state index < -0.39 is 9.84 Å². The van der Waals surface area contributed by atoms with Crippen LogP contribution >= 0.6 is 0 Å². The average molecular weight is 247 g/mol. The first-order valence-electron chi connectivity index (χ1n) is 6.28. The minimum Gasteiger partial charge on any atom is -0.317 e. The van der Waals surface area contributed by atoms with Crippen molar-refractivity contribution in [1.82, 2.24) is 5.32 Å². The van der Waals surface area contributed by atoms with Crippen molar-refractivity contribution in [3.63, 3.8) is 0 Å². The van der Waals surface area contributed by atoms with Crippen molar-refractivity contribution in [2.75, 3.05) is 18.6 Å². The van der Waals surface area contributed by atoms with Gasteiger partial charge in [0.05, 0.1) is 5.75 Å². The van der Waals surface area contributed by atoms with E-state index in [2.05, 4.69) is 12.2 Å². The number of hydrogen-bond acceptors (Lipinski definition) is 3. The molecule has 2 unspecified atom stereocenters. The zero-order valence-corrected chi connectivity index (χ0v) is 11.6. The second kappa shape index (κ2) is 5.50. The fourth-order valence-electron chi connectivity index (χ4n) is 2.66. The van der Waals surface area contributed by atoms with Gasteiger partial charge in [0.25, 0.3) is 0 Å². The van der Waals surface area contributed by atoms with Crippen LogP contribution in [0.25, 0.3) is 0 Å². The molecular weight excluding hydrogens is 222 g/mol. The molecule has 1 rings (SSSR count). The van der Waals surface area contributed by atoms with Gasteiger partial charge in [-0.2, -0.15) is 0 Å². The summed E-state index contributed by atoms with van der Waals surface area (Å²) in [6, 6.07) is 0.632. The largest absolute Gasteiger partial charge is 0.317 e. The predicted octanol–water partition coefficient (Wildman–Crippen LogP) is 1.98. The predicted molar refractivity (Wildman–Crippen MR) is 68.4 cm³/mol. The number of sulfone groups is 1. The molecule has 0 aliphatic heterocycles. The molecule has 0 aromatic carbocycles. The Balaban J connectivity index is 2.33. The summed E-state index contributed by atoms with van der Waals surface area (Å²) < 4.78 is 22.8. The molecule has 1 N–H and O–H groups in total. The molecule has 4 heteroatoms. The Labute approximate surface area is 99.9 Å². The van der Waals surface area contributed by atoms with Gasteiger partial charge < -0.3 is 5.32 Å².